The number of hydrogen-bond donors (Lipinski definition) is 2. The van der Waals surface area contributed by atoms with Crippen molar-refractivity contribution in [3.8, 4) is 17.2 Å². The van der Waals surface area contributed by atoms with Gasteiger partial charge in [0.2, 0.25) is 5.91 Å². The molecule has 6 nitrogen and oxygen atoms in total. The maximum absolute atomic E-state index is 12.3. The van der Waals surface area contributed by atoms with E-state index in [0.717, 1.165) is 24.3 Å². The number of carbonyl (C=O) groups is 1. The van der Waals surface area contributed by atoms with Crippen LogP contribution in [-0.4, -0.2) is 33.3 Å². The van der Waals surface area contributed by atoms with Crippen molar-refractivity contribution >= 4 is 17.3 Å². The van der Waals surface area contributed by atoms with Crippen LogP contribution in [0.5, 0.6) is 17.2 Å². The topological polar surface area (TPSA) is 68.8 Å². The molecule has 2 N–H and O–H groups in total. The molecule has 0 saturated carbocycles. The second-order valence-corrected chi connectivity index (χ2v) is 5.67. The molecule has 0 aromatic heterocycles. The Hall–Kier alpha value is -2.89. The van der Waals surface area contributed by atoms with E-state index in [-0.39, 0.29) is 12.5 Å². The maximum atomic E-state index is 12.3. The van der Waals surface area contributed by atoms with Crippen LogP contribution in [0.1, 0.15) is 19.8 Å². The summed E-state index contributed by atoms with van der Waals surface area (Å²) < 4.78 is 16.2. The summed E-state index contributed by atoms with van der Waals surface area (Å²) in [5.41, 5.74) is 1.35. The number of rotatable bonds is 10. The van der Waals surface area contributed by atoms with E-state index in [1.807, 2.05) is 24.3 Å². The lowest BCUT2D eigenvalue weighted by Crippen LogP contribution is -2.22. The minimum atomic E-state index is -0.195. The lowest BCUT2D eigenvalue weighted by molar-refractivity contribution is -0.114. The number of benzene rings is 2. The monoisotopic (exact) mass is 358 g/mol. The quantitative estimate of drug-likeness (QED) is 0.630. The molecule has 0 atom stereocenters. The molecule has 0 saturated heterocycles. The number of methoxy groups -OCH3 is 2. The molecule has 0 spiro atoms. The van der Waals surface area contributed by atoms with Crippen molar-refractivity contribution in [3.05, 3.63) is 42.5 Å². The highest BCUT2D eigenvalue weighted by Crippen LogP contribution is 2.29. The van der Waals surface area contributed by atoms with Crippen molar-refractivity contribution in [1.82, 2.24) is 0 Å². The predicted molar refractivity (Wildman–Crippen MR) is 104 cm³/mol. The molecule has 0 heterocycles. The zero-order valence-electron chi connectivity index (χ0n) is 15.5. The van der Waals surface area contributed by atoms with Crippen LogP contribution in [0.4, 0.5) is 11.4 Å². The van der Waals surface area contributed by atoms with Crippen LogP contribution in [0, 0.1) is 0 Å². The van der Waals surface area contributed by atoms with Crippen LogP contribution >= 0.6 is 0 Å². The zero-order valence-corrected chi connectivity index (χ0v) is 15.5. The van der Waals surface area contributed by atoms with Gasteiger partial charge in [0.1, 0.15) is 17.2 Å². The molecule has 26 heavy (non-hydrogen) atoms. The summed E-state index contributed by atoms with van der Waals surface area (Å²) in [6.07, 6.45) is 2.06. The van der Waals surface area contributed by atoms with Gasteiger partial charge in [-0.1, -0.05) is 25.5 Å². The Kier molecular flexibility index (Phi) is 7.61. The Balaban J connectivity index is 1.97. The maximum Gasteiger partial charge on any atom is 0.243 e. The van der Waals surface area contributed by atoms with Crippen LogP contribution in [-0.2, 0) is 4.79 Å². The van der Waals surface area contributed by atoms with Crippen molar-refractivity contribution in [2.75, 3.05) is 38.0 Å². The predicted octanol–water partition coefficient (Wildman–Crippen LogP) is 3.93. The third kappa shape index (κ3) is 5.58. The number of anilines is 2. The fourth-order valence-electron chi connectivity index (χ4n) is 2.35. The summed E-state index contributed by atoms with van der Waals surface area (Å²) in [5, 5.41) is 5.95. The Morgan fingerprint density at radius 3 is 2.54 bits per heavy atom. The molecule has 2 aromatic carbocycles. The van der Waals surface area contributed by atoms with E-state index in [1.54, 1.807) is 32.4 Å². The number of nitrogens with one attached hydrogen (secondary N) is 2. The molecule has 140 valence electrons. The summed E-state index contributed by atoms with van der Waals surface area (Å²) in [5.74, 6) is 1.76. The van der Waals surface area contributed by atoms with Gasteiger partial charge in [0, 0.05) is 6.07 Å². The Morgan fingerprint density at radius 1 is 1.00 bits per heavy atom. The molecule has 0 fully saturated rings. The van der Waals surface area contributed by atoms with Crippen molar-refractivity contribution in [2.45, 2.75) is 19.8 Å². The summed E-state index contributed by atoms with van der Waals surface area (Å²) >= 11 is 0. The number of unbranched alkanes of at least 4 members (excludes halogenated alkanes) is 1. The normalized spacial score (nSPS) is 10.1. The molecule has 2 aromatic rings. The third-order valence-corrected chi connectivity index (χ3v) is 3.76. The van der Waals surface area contributed by atoms with Gasteiger partial charge in [0.05, 0.1) is 38.7 Å². The van der Waals surface area contributed by atoms with Gasteiger partial charge in [-0.25, -0.2) is 0 Å². The van der Waals surface area contributed by atoms with Crippen molar-refractivity contribution in [1.29, 1.82) is 0 Å². The summed E-state index contributed by atoms with van der Waals surface area (Å²) in [7, 11) is 3.13. The Labute approximate surface area is 154 Å². The van der Waals surface area contributed by atoms with Gasteiger partial charge >= 0.3 is 0 Å². The van der Waals surface area contributed by atoms with E-state index in [9.17, 15) is 4.79 Å². The fourth-order valence-corrected chi connectivity index (χ4v) is 2.35. The minimum Gasteiger partial charge on any atom is -0.497 e. The fraction of sp³-hybridized carbons (Fsp3) is 0.350. The van der Waals surface area contributed by atoms with E-state index in [4.69, 9.17) is 14.2 Å². The summed E-state index contributed by atoms with van der Waals surface area (Å²) in [4.78, 5) is 12.3. The molecule has 1 amide bonds. The highest BCUT2D eigenvalue weighted by Gasteiger charge is 2.10. The van der Waals surface area contributed by atoms with Crippen molar-refractivity contribution in [3.63, 3.8) is 0 Å². The summed E-state index contributed by atoms with van der Waals surface area (Å²) in [6.45, 7) is 2.88. The van der Waals surface area contributed by atoms with Crippen molar-refractivity contribution in [2.24, 2.45) is 0 Å². The van der Waals surface area contributed by atoms with Gasteiger partial charge in [0.15, 0.2) is 0 Å². The van der Waals surface area contributed by atoms with E-state index >= 15 is 0 Å². The highest BCUT2D eigenvalue weighted by molar-refractivity contribution is 5.95. The SMILES string of the molecule is CCCCOc1ccccc1NCC(=O)Nc1cc(OC)ccc1OC. The standard InChI is InChI=1S/C20H26N2O4/c1-4-5-12-26-19-9-7-6-8-16(19)21-14-20(23)22-17-13-15(24-2)10-11-18(17)25-3/h6-11,13,21H,4-5,12,14H2,1-3H3,(H,22,23). The van der Waals surface area contributed by atoms with Crippen LogP contribution in [0.2, 0.25) is 0 Å². The van der Waals surface area contributed by atoms with Gasteiger partial charge in [-0.2, -0.15) is 0 Å². The van der Waals surface area contributed by atoms with Crippen LogP contribution < -0.4 is 24.8 Å². The number of carbonyl (C=O) groups excluding carboxylic acids is 1. The van der Waals surface area contributed by atoms with E-state index < -0.39 is 0 Å². The molecule has 0 aliphatic carbocycles. The minimum absolute atomic E-state index is 0.106. The van der Waals surface area contributed by atoms with Gasteiger partial charge in [0.25, 0.3) is 0 Å². The number of para-hydroxylation sites is 2. The Bertz CT molecular complexity index is 719. The zero-order chi connectivity index (χ0) is 18.8. The molecule has 0 unspecified atom stereocenters. The largest absolute Gasteiger partial charge is 0.497 e. The average Bonchev–Trinajstić information content (AvgIpc) is 2.67. The average molecular weight is 358 g/mol. The van der Waals surface area contributed by atoms with E-state index in [0.29, 0.717) is 23.8 Å². The van der Waals surface area contributed by atoms with Gasteiger partial charge in [-0.15, -0.1) is 0 Å². The van der Waals surface area contributed by atoms with Gasteiger partial charge < -0.3 is 24.8 Å². The molecule has 0 radical (unpaired) electrons. The van der Waals surface area contributed by atoms with Crippen molar-refractivity contribution < 1.29 is 19.0 Å². The van der Waals surface area contributed by atoms with Crippen LogP contribution in [0.15, 0.2) is 42.5 Å². The third-order valence-electron chi connectivity index (χ3n) is 3.76. The number of ether oxygens (including phenoxy) is 3. The lowest BCUT2D eigenvalue weighted by atomic mass is 10.2. The van der Waals surface area contributed by atoms with E-state index in [1.165, 1.54) is 0 Å². The molecule has 0 bridgehead atoms. The molecule has 0 aliphatic heterocycles. The highest BCUT2D eigenvalue weighted by atomic mass is 16.5. The first-order valence-corrected chi connectivity index (χ1v) is 8.65. The molecule has 2 rings (SSSR count). The summed E-state index contributed by atoms with van der Waals surface area (Å²) in [6, 6.07) is 12.8. The van der Waals surface area contributed by atoms with Gasteiger partial charge in [-0.05, 0) is 30.7 Å². The van der Waals surface area contributed by atoms with Crippen LogP contribution in [0.3, 0.4) is 0 Å². The molecule has 6 heteroatoms. The number of hydrogen-bond acceptors (Lipinski definition) is 5. The molecule has 0 aliphatic rings. The number of amides is 1. The second-order valence-electron chi connectivity index (χ2n) is 5.67. The van der Waals surface area contributed by atoms with Crippen LogP contribution in [0.25, 0.3) is 0 Å². The second kappa shape index (κ2) is 10.2. The molecular weight excluding hydrogens is 332 g/mol. The first-order chi connectivity index (χ1) is 12.7. The lowest BCUT2D eigenvalue weighted by Gasteiger charge is -2.14. The smallest absolute Gasteiger partial charge is 0.243 e. The Morgan fingerprint density at radius 2 is 1.81 bits per heavy atom. The van der Waals surface area contributed by atoms with E-state index in [2.05, 4.69) is 17.6 Å². The first kappa shape index (κ1) is 19.4. The first-order valence-electron chi connectivity index (χ1n) is 8.65. The van der Waals surface area contributed by atoms with Gasteiger partial charge in [-0.3, -0.25) is 4.79 Å². The molecular formula is C20H26N2O4.